The van der Waals surface area contributed by atoms with Crippen molar-refractivity contribution in [3.8, 4) is 0 Å². The average Bonchev–Trinajstić information content (AvgIpc) is 2.68. The van der Waals surface area contributed by atoms with Gasteiger partial charge in [0.25, 0.3) is 0 Å². The Hall–Kier alpha value is -1.44. The number of rotatable bonds is 5. The van der Waals surface area contributed by atoms with Crippen molar-refractivity contribution in [3.63, 3.8) is 0 Å². The van der Waals surface area contributed by atoms with E-state index in [4.69, 9.17) is 9.84 Å². The number of sulfonamides is 1. The Bertz CT molecular complexity index is 625. The number of hydrogen-bond acceptors (Lipinski definition) is 4. The number of nitrogens with one attached hydrogen (secondary N) is 1. The maximum Gasteiger partial charge on any atom is 0.307 e. The van der Waals surface area contributed by atoms with Gasteiger partial charge in [-0.2, -0.15) is 0 Å². The summed E-state index contributed by atoms with van der Waals surface area (Å²) in [7, 11) is -3.66. The third-order valence-corrected chi connectivity index (χ3v) is 5.47. The highest BCUT2D eigenvalue weighted by molar-refractivity contribution is 7.89. The molecule has 1 aliphatic rings. The zero-order valence-electron chi connectivity index (χ0n) is 12.0. The van der Waals surface area contributed by atoms with E-state index in [-0.39, 0.29) is 17.4 Å². The summed E-state index contributed by atoms with van der Waals surface area (Å²) < 4.78 is 32.9. The predicted octanol–water partition coefficient (Wildman–Crippen LogP) is 1.16. The monoisotopic (exact) mass is 313 g/mol. The molecule has 0 saturated carbocycles. The molecular formula is C14H19NO5S. The van der Waals surface area contributed by atoms with E-state index in [0.717, 1.165) is 0 Å². The Morgan fingerprint density at radius 1 is 1.43 bits per heavy atom. The number of carboxylic acid groups (broad SMARTS) is 1. The molecule has 0 spiro atoms. The molecule has 1 aliphatic heterocycles. The van der Waals surface area contributed by atoms with Crippen molar-refractivity contribution in [3.05, 3.63) is 29.8 Å². The smallest absolute Gasteiger partial charge is 0.307 e. The highest BCUT2D eigenvalue weighted by Gasteiger charge is 2.40. The van der Waals surface area contributed by atoms with E-state index < -0.39 is 21.5 Å². The lowest BCUT2D eigenvalue weighted by Crippen LogP contribution is -2.50. The molecule has 0 amide bonds. The van der Waals surface area contributed by atoms with Crippen LogP contribution in [0.4, 0.5) is 0 Å². The SMILES string of the molecule is CC1OCCC1(C)NS(=O)(=O)c1ccc(CC(=O)O)cc1. The van der Waals surface area contributed by atoms with Gasteiger partial charge in [0.05, 0.1) is 23.0 Å². The summed E-state index contributed by atoms with van der Waals surface area (Å²) in [5.41, 5.74) is -0.0660. The lowest BCUT2D eigenvalue weighted by atomic mass is 9.97. The van der Waals surface area contributed by atoms with E-state index in [9.17, 15) is 13.2 Å². The van der Waals surface area contributed by atoms with Crippen molar-refractivity contribution in [1.29, 1.82) is 0 Å². The van der Waals surface area contributed by atoms with Gasteiger partial charge in [0.1, 0.15) is 0 Å². The van der Waals surface area contributed by atoms with Crippen LogP contribution >= 0.6 is 0 Å². The number of carbonyl (C=O) groups is 1. The second kappa shape index (κ2) is 5.75. The molecule has 2 N–H and O–H groups in total. The summed E-state index contributed by atoms with van der Waals surface area (Å²) in [6.45, 7) is 4.18. The van der Waals surface area contributed by atoms with Gasteiger partial charge in [-0.3, -0.25) is 4.79 Å². The van der Waals surface area contributed by atoms with Crippen LogP contribution in [-0.4, -0.2) is 37.7 Å². The lowest BCUT2D eigenvalue weighted by molar-refractivity contribution is -0.136. The minimum Gasteiger partial charge on any atom is -0.481 e. The molecule has 1 aromatic rings. The van der Waals surface area contributed by atoms with Gasteiger partial charge < -0.3 is 9.84 Å². The molecule has 116 valence electrons. The highest BCUT2D eigenvalue weighted by Crippen LogP contribution is 2.27. The Morgan fingerprint density at radius 3 is 2.52 bits per heavy atom. The van der Waals surface area contributed by atoms with Gasteiger partial charge in [-0.05, 0) is 38.0 Å². The molecule has 1 fully saturated rings. The quantitative estimate of drug-likeness (QED) is 0.851. The van der Waals surface area contributed by atoms with Crippen LogP contribution in [0, 0.1) is 0 Å². The maximum absolute atomic E-state index is 12.4. The van der Waals surface area contributed by atoms with Gasteiger partial charge in [-0.1, -0.05) is 12.1 Å². The van der Waals surface area contributed by atoms with Gasteiger partial charge in [-0.25, -0.2) is 13.1 Å². The molecule has 1 heterocycles. The summed E-state index contributed by atoms with van der Waals surface area (Å²) in [6, 6.07) is 5.87. The summed E-state index contributed by atoms with van der Waals surface area (Å²) in [5.74, 6) is -0.951. The summed E-state index contributed by atoms with van der Waals surface area (Å²) in [5, 5.41) is 8.70. The molecule has 2 atom stereocenters. The third kappa shape index (κ3) is 3.61. The number of carboxylic acids is 1. The zero-order valence-corrected chi connectivity index (χ0v) is 12.8. The van der Waals surface area contributed by atoms with Gasteiger partial charge in [0, 0.05) is 6.61 Å². The molecule has 7 heteroatoms. The van der Waals surface area contributed by atoms with Crippen molar-refractivity contribution in [1.82, 2.24) is 4.72 Å². The fourth-order valence-corrected chi connectivity index (χ4v) is 3.79. The number of benzene rings is 1. The van der Waals surface area contributed by atoms with Crippen molar-refractivity contribution in [2.24, 2.45) is 0 Å². The van der Waals surface area contributed by atoms with Crippen LogP contribution in [0.25, 0.3) is 0 Å². The van der Waals surface area contributed by atoms with Gasteiger partial charge in [0.15, 0.2) is 0 Å². The molecule has 0 aliphatic carbocycles. The third-order valence-electron chi connectivity index (χ3n) is 3.84. The normalized spacial score (nSPS) is 25.9. The second-order valence-corrected chi connectivity index (χ2v) is 7.18. The first-order valence-corrected chi connectivity index (χ1v) is 8.17. The summed E-state index contributed by atoms with van der Waals surface area (Å²) >= 11 is 0. The molecule has 2 unspecified atom stereocenters. The Balaban J connectivity index is 2.18. The van der Waals surface area contributed by atoms with Gasteiger partial charge in [-0.15, -0.1) is 0 Å². The Morgan fingerprint density at radius 2 is 2.05 bits per heavy atom. The number of aliphatic carboxylic acids is 1. The first kappa shape index (κ1) is 15.9. The van der Waals surface area contributed by atoms with Crippen LogP contribution < -0.4 is 4.72 Å². The fraction of sp³-hybridized carbons (Fsp3) is 0.500. The van der Waals surface area contributed by atoms with E-state index in [2.05, 4.69) is 4.72 Å². The summed E-state index contributed by atoms with van der Waals surface area (Å²) in [4.78, 5) is 10.7. The highest BCUT2D eigenvalue weighted by atomic mass is 32.2. The van der Waals surface area contributed by atoms with E-state index >= 15 is 0 Å². The van der Waals surface area contributed by atoms with Crippen molar-refractivity contribution >= 4 is 16.0 Å². The molecule has 21 heavy (non-hydrogen) atoms. The minimum absolute atomic E-state index is 0.122. The van der Waals surface area contributed by atoms with Gasteiger partial charge >= 0.3 is 5.97 Å². The maximum atomic E-state index is 12.4. The fourth-order valence-electron chi connectivity index (χ4n) is 2.30. The molecule has 1 saturated heterocycles. The number of ether oxygens (including phenoxy) is 1. The standard InChI is InChI=1S/C14H19NO5S/c1-10-14(2,7-8-20-10)15-21(18,19)12-5-3-11(4-6-12)9-13(16)17/h3-6,10,15H,7-9H2,1-2H3,(H,16,17). The van der Waals surface area contributed by atoms with Crippen LogP contribution in [0.1, 0.15) is 25.8 Å². The van der Waals surface area contributed by atoms with Crippen molar-refractivity contribution in [2.75, 3.05) is 6.61 Å². The van der Waals surface area contributed by atoms with Crippen molar-refractivity contribution in [2.45, 2.75) is 43.2 Å². The van der Waals surface area contributed by atoms with E-state index in [0.29, 0.717) is 18.6 Å². The van der Waals surface area contributed by atoms with Crippen LogP contribution in [0.3, 0.4) is 0 Å². The lowest BCUT2D eigenvalue weighted by Gasteiger charge is -2.28. The molecule has 0 bridgehead atoms. The van der Waals surface area contributed by atoms with Crippen LogP contribution in [0.2, 0.25) is 0 Å². The van der Waals surface area contributed by atoms with Crippen molar-refractivity contribution < 1.29 is 23.1 Å². The topological polar surface area (TPSA) is 92.7 Å². The average molecular weight is 313 g/mol. The van der Waals surface area contributed by atoms with E-state index in [1.807, 2.05) is 13.8 Å². The molecular weight excluding hydrogens is 294 g/mol. The van der Waals surface area contributed by atoms with E-state index in [1.165, 1.54) is 24.3 Å². The largest absolute Gasteiger partial charge is 0.481 e. The van der Waals surface area contributed by atoms with Crippen LogP contribution in [0.15, 0.2) is 29.2 Å². The van der Waals surface area contributed by atoms with Gasteiger partial charge in [0.2, 0.25) is 10.0 Å². The van der Waals surface area contributed by atoms with Crippen LogP contribution in [0.5, 0.6) is 0 Å². The van der Waals surface area contributed by atoms with E-state index in [1.54, 1.807) is 0 Å². The second-order valence-electron chi connectivity index (χ2n) is 5.50. The minimum atomic E-state index is -3.66. The first-order valence-electron chi connectivity index (χ1n) is 6.69. The first-order chi connectivity index (χ1) is 9.73. The van der Waals surface area contributed by atoms with Crippen LogP contribution in [-0.2, 0) is 26.0 Å². The molecule has 0 aromatic heterocycles. The molecule has 0 radical (unpaired) electrons. The Kier molecular flexibility index (Phi) is 4.36. The molecule has 1 aromatic carbocycles. The predicted molar refractivity (Wildman–Crippen MR) is 76.5 cm³/mol. The summed E-state index contributed by atoms with van der Waals surface area (Å²) in [6.07, 6.45) is 0.291. The number of hydrogen-bond donors (Lipinski definition) is 2. The molecule has 6 nitrogen and oxygen atoms in total. The Labute approximate surface area is 124 Å². The molecule has 2 rings (SSSR count). The zero-order chi connectivity index (χ0) is 15.7.